The van der Waals surface area contributed by atoms with Gasteiger partial charge in [-0.1, -0.05) is 24.3 Å². The molecule has 1 saturated carbocycles. The summed E-state index contributed by atoms with van der Waals surface area (Å²) >= 11 is 0. The highest BCUT2D eigenvalue weighted by Gasteiger charge is 2.23. The molecule has 94 valence electrons. The molecule has 1 aromatic carbocycles. The fourth-order valence-electron chi connectivity index (χ4n) is 1.86. The van der Waals surface area contributed by atoms with Gasteiger partial charge in [0.2, 0.25) is 0 Å². The highest BCUT2D eigenvalue weighted by Crippen LogP contribution is 2.40. The molecule has 1 aliphatic rings. The van der Waals surface area contributed by atoms with Crippen molar-refractivity contribution in [2.45, 2.75) is 25.3 Å². The molecule has 0 amide bonds. The molecular formula is C13H19NO2S. The molecule has 1 N–H and O–H groups in total. The standard InChI is InChI=1S/C13H19NO2S/c1-17(15,16)8-7-14-10-11-3-2-4-13(9-11)12-5-6-12/h2-4,9,12,14H,5-8,10H2,1H3. The van der Waals surface area contributed by atoms with Gasteiger partial charge in [-0.25, -0.2) is 8.42 Å². The Hall–Kier alpha value is -0.870. The van der Waals surface area contributed by atoms with Crippen LogP contribution in [-0.4, -0.2) is 27.0 Å². The molecule has 0 radical (unpaired) electrons. The van der Waals surface area contributed by atoms with E-state index in [1.165, 1.54) is 30.2 Å². The first kappa shape index (κ1) is 12.6. The van der Waals surface area contributed by atoms with Crippen molar-refractivity contribution in [3.8, 4) is 0 Å². The largest absolute Gasteiger partial charge is 0.312 e. The van der Waals surface area contributed by atoms with E-state index in [0.717, 1.165) is 12.5 Å². The zero-order chi connectivity index (χ0) is 12.3. The van der Waals surface area contributed by atoms with Gasteiger partial charge in [-0.05, 0) is 29.9 Å². The normalized spacial score (nSPS) is 16.1. The van der Waals surface area contributed by atoms with Gasteiger partial charge >= 0.3 is 0 Å². The van der Waals surface area contributed by atoms with E-state index in [0.29, 0.717) is 6.54 Å². The molecule has 0 heterocycles. The maximum absolute atomic E-state index is 11.0. The lowest BCUT2D eigenvalue weighted by Crippen LogP contribution is -2.21. The van der Waals surface area contributed by atoms with Crippen molar-refractivity contribution in [2.24, 2.45) is 0 Å². The molecule has 1 aliphatic carbocycles. The topological polar surface area (TPSA) is 46.2 Å². The van der Waals surface area contributed by atoms with Gasteiger partial charge in [0.15, 0.2) is 0 Å². The third kappa shape index (κ3) is 4.48. The van der Waals surface area contributed by atoms with Crippen molar-refractivity contribution in [1.29, 1.82) is 0 Å². The molecule has 17 heavy (non-hydrogen) atoms. The van der Waals surface area contributed by atoms with Crippen molar-refractivity contribution >= 4 is 9.84 Å². The molecule has 0 atom stereocenters. The minimum Gasteiger partial charge on any atom is -0.312 e. The van der Waals surface area contributed by atoms with Gasteiger partial charge in [0.1, 0.15) is 9.84 Å². The molecule has 0 saturated heterocycles. The number of rotatable bonds is 6. The van der Waals surface area contributed by atoms with Crippen LogP contribution in [0, 0.1) is 0 Å². The van der Waals surface area contributed by atoms with Crippen LogP contribution in [-0.2, 0) is 16.4 Å². The second kappa shape index (κ2) is 5.19. The van der Waals surface area contributed by atoms with E-state index in [9.17, 15) is 8.42 Å². The van der Waals surface area contributed by atoms with Crippen LogP contribution in [0.15, 0.2) is 24.3 Å². The van der Waals surface area contributed by atoms with Crippen molar-refractivity contribution in [2.75, 3.05) is 18.6 Å². The van der Waals surface area contributed by atoms with Crippen LogP contribution in [0.1, 0.15) is 29.9 Å². The Labute approximate surface area is 103 Å². The summed E-state index contributed by atoms with van der Waals surface area (Å²) < 4.78 is 21.9. The molecule has 2 rings (SSSR count). The first-order valence-corrected chi connectivity index (χ1v) is 8.08. The first-order chi connectivity index (χ1) is 8.04. The zero-order valence-electron chi connectivity index (χ0n) is 10.1. The van der Waals surface area contributed by atoms with Crippen LogP contribution in [0.25, 0.3) is 0 Å². The van der Waals surface area contributed by atoms with Crippen molar-refractivity contribution in [3.63, 3.8) is 0 Å². The molecule has 0 unspecified atom stereocenters. The number of hydrogen-bond acceptors (Lipinski definition) is 3. The van der Waals surface area contributed by atoms with Crippen molar-refractivity contribution in [3.05, 3.63) is 35.4 Å². The number of hydrogen-bond donors (Lipinski definition) is 1. The zero-order valence-corrected chi connectivity index (χ0v) is 11.0. The molecule has 4 heteroatoms. The maximum Gasteiger partial charge on any atom is 0.148 e. The average Bonchev–Trinajstić information content (AvgIpc) is 3.07. The van der Waals surface area contributed by atoms with Gasteiger partial charge in [-0.15, -0.1) is 0 Å². The summed E-state index contributed by atoms with van der Waals surface area (Å²) in [6.07, 6.45) is 3.89. The highest BCUT2D eigenvalue weighted by atomic mass is 32.2. The molecule has 0 spiro atoms. The summed E-state index contributed by atoms with van der Waals surface area (Å²) in [7, 11) is -2.85. The van der Waals surface area contributed by atoms with Crippen LogP contribution >= 0.6 is 0 Å². The third-order valence-electron chi connectivity index (χ3n) is 2.98. The van der Waals surface area contributed by atoms with Crippen molar-refractivity contribution < 1.29 is 8.42 Å². The second-order valence-electron chi connectivity index (χ2n) is 4.83. The summed E-state index contributed by atoms with van der Waals surface area (Å²) in [6.45, 7) is 1.27. The third-order valence-corrected chi connectivity index (χ3v) is 3.92. The average molecular weight is 253 g/mol. The Morgan fingerprint density at radius 3 is 2.76 bits per heavy atom. The molecule has 1 aromatic rings. The Bertz CT molecular complexity index is 478. The van der Waals surface area contributed by atoms with Gasteiger partial charge in [0.25, 0.3) is 0 Å². The van der Waals surface area contributed by atoms with Gasteiger partial charge in [0.05, 0.1) is 5.75 Å². The van der Waals surface area contributed by atoms with Crippen LogP contribution < -0.4 is 5.32 Å². The van der Waals surface area contributed by atoms with Gasteiger partial charge < -0.3 is 5.32 Å². The SMILES string of the molecule is CS(=O)(=O)CCNCc1cccc(C2CC2)c1. The minimum atomic E-state index is -2.85. The summed E-state index contributed by atoms with van der Waals surface area (Å²) in [4.78, 5) is 0. The molecular weight excluding hydrogens is 234 g/mol. The lowest BCUT2D eigenvalue weighted by molar-refractivity contribution is 0.596. The van der Waals surface area contributed by atoms with Gasteiger partial charge in [-0.3, -0.25) is 0 Å². The number of benzene rings is 1. The summed E-state index contributed by atoms with van der Waals surface area (Å²) in [5.74, 6) is 0.973. The molecule has 0 aliphatic heterocycles. The minimum absolute atomic E-state index is 0.204. The van der Waals surface area contributed by atoms with Crippen LogP contribution in [0.5, 0.6) is 0 Å². The quantitative estimate of drug-likeness (QED) is 0.785. The number of nitrogens with one attached hydrogen (secondary N) is 1. The fourth-order valence-corrected chi connectivity index (χ4v) is 2.38. The van der Waals surface area contributed by atoms with E-state index in [1.807, 2.05) is 0 Å². The summed E-state index contributed by atoms with van der Waals surface area (Å²) in [5.41, 5.74) is 2.66. The Balaban J connectivity index is 1.80. The smallest absolute Gasteiger partial charge is 0.148 e. The molecule has 3 nitrogen and oxygen atoms in total. The van der Waals surface area contributed by atoms with Crippen molar-refractivity contribution in [1.82, 2.24) is 5.32 Å². The Morgan fingerprint density at radius 1 is 1.35 bits per heavy atom. The molecule has 0 bridgehead atoms. The summed E-state index contributed by atoms with van der Waals surface area (Å²) in [5, 5.41) is 3.17. The van der Waals surface area contributed by atoms with E-state index in [2.05, 4.69) is 29.6 Å². The molecule has 0 aromatic heterocycles. The van der Waals surface area contributed by atoms with Gasteiger partial charge in [0, 0.05) is 19.3 Å². The predicted molar refractivity (Wildman–Crippen MR) is 69.8 cm³/mol. The monoisotopic (exact) mass is 253 g/mol. The second-order valence-corrected chi connectivity index (χ2v) is 7.09. The Kier molecular flexibility index (Phi) is 3.84. The van der Waals surface area contributed by atoms with E-state index in [4.69, 9.17) is 0 Å². The maximum atomic E-state index is 11.0. The lowest BCUT2D eigenvalue weighted by atomic mass is 10.1. The highest BCUT2D eigenvalue weighted by molar-refractivity contribution is 7.90. The van der Waals surface area contributed by atoms with Crippen LogP contribution in [0.2, 0.25) is 0 Å². The summed E-state index contributed by atoms with van der Waals surface area (Å²) in [6, 6.07) is 8.57. The van der Waals surface area contributed by atoms with E-state index in [1.54, 1.807) is 0 Å². The first-order valence-electron chi connectivity index (χ1n) is 6.02. The Morgan fingerprint density at radius 2 is 2.12 bits per heavy atom. The molecule has 1 fully saturated rings. The number of sulfone groups is 1. The lowest BCUT2D eigenvalue weighted by Gasteiger charge is -2.06. The van der Waals surface area contributed by atoms with E-state index in [-0.39, 0.29) is 5.75 Å². The van der Waals surface area contributed by atoms with E-state index < -0.39 is 9.84 Å². The predicted octanol–water partition coefficient (Wildman–Crippen LogP) is 1.70. The van der Waals surface area contributed by atoms with E-state index >= 15 is 0 Å². The van der Waals surface area contributed by atoms with Gasteiger partial charge in [-0.2, -0.15) is 0 Å². The fraction of sp³-hybridized carbons (Fsp3) is 0.538. The van der Waals surface area contributed by atoms with Crippen LogP contribution in [0.3, 0.4) is 0 Å². The van der Waals surface area contributed by atoms with Crippen LogP contribution in [0.4, 0.5) is 0 Å².